The Morgan fingerprint density at radius 2 is 2.45 bits per heavy atom. The first-order valence-electron chi connectivity index (χ1n) is 3.88. The van der Waals surface area contributed by atoms with E-state index in [4.69, 9.17) is 11.6 Å². The minimum Gasteiger partial charge on any atom is -0.339 e. The van der Waals surface area contributed by atoms with Gasteiger partial charge < -0.3 is 4.90 Å². The summed E-state index contributed by atoms with van der Waals surface area (Å²) in [5.41, 5.74) is 2.16. The molecule has 0 radical (unpaired) electrons. The van der Waals surface area contributed by atoms with E-state index >= 15 is 0 Å². The van der Waals surface area contributed by atoms with Crippen molar-refractivity contribution < 1.29 is 4.79 Å². The van der Waals surface area contributed by atoms with Gasteiger partial charge >= 0.3 is 0 Å². The molecule has 2 nitrogen and oxygen atoms in total. The summed E-state index contributed by atoms with van der Waals surface area (Å²) >= 11 is 5.49. The van der Waals surface area contributed by atoms with E-state index in [2.05, 4.69) is 0 Å². The number of likely N-dealkylation sites (N-methyl/N-ethyl adjacent to an activating group) is 1. The van der Waals surface area contributed by atoms with Crippen molar-refractivity contribution in [1.82, 2.24) is 4.90 Å². The summed E-state index contributed by atoms with van der Waals surface area (Å²) in [5, 5.41) is 0. The lowest BCUT2D eigenvalue weighted by Crippen LogP contribution is -2.36. The average molecular weight is 174 g/mol. The van der Waals surface area contributed by atoms with Crippen LogP contribution in [0.4, 0.5) is 0 Å². The molecule has 1 heterocycles. The Bertz CT molecular complexity index is 189. The molecule has 0 spiro atoms. The first-order chi connectivity index (χ1) is 5.29. The Morgan fingerprint density at radius 3 is 3.00 bits per heavy atom. The highest BCUT2D eigenvalue weighted by Crippen LogP contribution is 2.17. The van der Waals surface area contributed by atoms with Gasteiger partial charge in [0.05, 0.1) is 0 Å². The number of rotatable bonds is 1. The highest BCUT2D eigenvalue weighted by molar-refractivity contribution is 6.27. The first-order valence-corrected chi connectivity index (χ1v) is 4.31. The third-order valence-electron chi connectivity index (χ3n) is 1.95. The summed E-state index contributed by atoms with van der Waals surface area (Å²) in [5.74, 6) is 0.105. The Kier molecular flexibility index (Phi) is 2.94. The summed E-state index contributed by atoms with van der Waals surface area (Å²) in [6.45, 7) is 3.64. The number of hydrogen-bond donors (Lipinski definition) is 0. The number of likely N-dealkylation sites (tertiary alicyclic amines) is 1. The predicted octanol–water partition coefficient (Wildman–Crippen LogP) is 1.75. The molecule has 0 N–H and O–H groups in total. The van der Waals surface area contributed by atoms with Gasteiger partial charge in [0.15, 0.2) is 0 Å². The van der Waals surface area contributed by atoms with Crippen LogP contribution in [0.1, 0.15) is 19.8 Å². The van der Waals surface area contributed by atoms with Crippen LogP contribution >= 0.6 is 11.6 Å². The van der Waals surface area contributed by atoms with Crippen molar-refractivity contribution in [3.05, 3.63) is 11.1 Å². The summed E-state index contributed by atoms with van der Waals surface area (Å²) < 4.78 is 0. The number of halogens is 1. The van der Waals surface area contributed by atoms with Crippen LogP contribution in [-0.4, -0.2) is 23.9 Å². The maximum Gasteiger partial charge on any atom is 0.250 e. The van der Waals surface area contributed by atoms with Crippen LogP contribution in [0.3, 0.4) is 0 Å². The average Bonchev–Trinajstić information content (AvgIpc) is 2.05. The lowest BCUT2D eigenvalue weighted by atomic mass is 10.1. The summed E-state index contributed by atoms with van der Waals surface area (Å²) in [6.07, 6.45) is 1.87. The molecule has 1 amide bonds. The molecular weight excluding hydrogens is 162 g/mol. The Labute approximate surface area is 71.8 Å². The maximum absolute atomic E-state index is 11.4. The number of piperidine rings is 1. The van der Waals surface area contributed by atoms with Gasteiger partial charge in [0.1, 0.15) is 0 Å². The first kappa shape index (κ1) is 8.60. The summed E-state index contributed by atoms with van der Waals surface area (Å²) in [6, 6.07) is 0. The van der Waals surface area contributed by atoms with E-state index in [0.717, 1.165) is 31.5 Å². The van der Waals surface area contributed by atoms with Crippen LogP contribution in [0.25, 0.3) is 0 Å². The molecule has 0 bridgehead atoms. The molecule has 1 fully saturated rings. The predicted molar refractivity (Wildman–Crippen MR) is 45.4 cm³/mol. The van der Waals surface area contributed by atoms with Crippen LogP contribution in [0.2, 0.25) is 0 Å². The van der Waals surface area contributed by atoms with Crippen molar-refractivity contribution in [2.24, 2.45) is 0 Å². The van der Waals surface area contributed by atoms with Gasteiger partial charge in [0, 0.05) is 24.2 Å². The standard InChI is InChI=1S/C8H12ClNO/c1-2-10-5-3-4-7(6-9)8(10)11/h6H,2-5H2,1H3/b7-6-. The molecule has 1 aliphatic rings. The van der Waals surface area contributed by atoms with Gasteiger partial charge in [0.2, 0.25) is 0 Å². The van der Waals surface area contributed by atoms with Crippen LogP contribution in [0.15, 0.2) is 11.1 Å². The molecule has 62 valence electrons. The molecule has 0 aromatic heterocycles. The number of amides is 1. The van der Waals surface area contributed by atoms with Gasteiger partial charge in [-0.05, 0) is 19.8 Å². The van der Waals surface area contributed by atoms with Crippen molar-refractivity contribution in [2.75, 3.05) is 13.1 Å². The SMILES string of the molecule is CCN1CCC/C(=C/Cl)C1=O. The Balaban J connectivity index is 2.67. The van der Waals surface area contributed by atoms with E-state index in [1.807, 2.05) is 11.8 Å². The normalized spacial score (nSPS) is 22.9. The topological polar surface area (TPSA) is 20.3 Å². The second kappa shape index (κ2) is 3.77. The zero-order chi connectivity index (χ0) is 8.27. The number of hydrogen-bond acceptors (Lipinski definition) is 1. The fourth-order valence-corrected chi connectivity index (χ4v) is 1.48. The molecule has 0 aliphatic carbocycles. The van der Waals surface area contributed by atoms with E-state index in [1.54, 1.807) is 0 Å². The molecule has 1 rings (SSSR count). The van der Waals surface area contributed by atoms with Crippen LogP contribution < -0.4 is 0 Å². The number of nitrogens with zero attached hydrogens (tertiary/aromatic N) is 1. The molecule has 11 heavy (non-hydrogen) atoms. The van der Waals surface area contributed by atoms with E-state index < -0.39 is 0 Å². The smallest absolute Gasteiger partial charge is 0.250 e. The lowest BCUT2D eigenvalue weighted by Gasteiger charge is -2.26. The maximum atomic E-state index is 11.4. The second-order valence-corrected chi connectivity index (χ2v) is 2.84. The minimum absolute atomic E-state index is 0.105. The molecular formula is C8H12ClNO. The number of carbonyl (C=O) groups excluding carboxylic acids is 1. The highest BCUT2D eigenvalue weighted by Gasteiger charge is 2.20. The van der Waals surface area contributed by atoms with E-state index in [1.165, 1.54) is 5.54 Å². The van der Waals surface area contributed by atoms with E-state index in [0.29, 0.717) is 0 Å². The van der Waals surface area contributed by atoms with Gasteiger partial charge in [-0.2, -0.15) is 0 Å². The van der Waals surface area contributed by atoms with Crippen LogP contribution in [-0.2, 0) is 4.79 Å². The fraction of sp³-hybridized carbons (Fsp3) is 0.625. The number of carbonyl (C=O) groups is 1. The highest BCUT2D eigenvalue weighted by atomic mass is 35.5. The van der Waals surface area contributed by atoms with Crippen LogP contribution in [0, 0.1) is 0 Å². The second-order valence-electron chi connectivity index (χ2n) is 2.62. The van der Waals surface area contributed by atoms with Crippen molar-refractivity contribution in [3.8, 4) is 0 Å². The minimum atomic E-state index is 0.105. The lowest BCUT2D eigenvalue weighted by molar-refractivity contribution is -0.128. The molecule has 0 atom stereocenters. The van der Waals surface area contributed by atoms with Crippen molar-refractivity contribution >= 4 is 17.5 Å². The van der Waals surface area contributed by atoms with Crippen molar-refractivity contribution in [2.45, 2.75) is 19.8 Å². The zero-order valence-corrected chi connectivity index (χ0v) is 7.40. The Hall–Kier alpha value is -0.500. The molecule has 1 aliphatic heterocycles. The third-order valence-corrected chi connectivity index (χ3v) is 2.21. The van der Waals surface area contributed by atoms with Crippen LogP contribution in [0.5, 0.6) is 0 Å². The van der Waals surface area contributed by atoms with E-state index in [-0.39, 0.29) is 5.91 Å². The fourth-order valence-electron chi connectivity index (χ4n) is 1.27. The third kappa shape index (κ3) is 1.74. The van der Waals surface area contributed by atoms with Gasteiger partial charge in [-0.15, -0.1) is 0 Å². The molecule has 1 saturated heterocycles. The molecule has 0 aromatic rings. The summed E-state index contributed by atoms with van der Waals surface area (Å²) in [7, 11) is 0. The molecule has 0 aromatic carbocycles. The van der Waals surface area contributed by atoms with Crippen molar-refractivity contribution in [1.29, 1.82) is 0 Å². The molecule has 0 unspecified atom stereocenters. The van der Waals surface area contributed by atoms with Crippen molar-refractivity contribution in [3.63, 3.8) is 0 Å². The van der Waals surface area contributed by atoms with E-state index in [9.17, 15) is 4.79 Å². The molecule has 0 saturated carbocycles. The largest absolute Gasteiger partial charge is 0.339 e. The van der Waals surface area contributed by atoms with Gasteiger partial charge in [-0.1, -0.05) is 11.6 Å². The molecule has 3 heteroatoms. The van der Waals surface area contributed by atoms with Gasteiger partial charge in [-0.25, -0.2) is 0 Å². The monoisotopic (exact) mass is 173 g/mol. The van der Waals surface area contributed by atoms with Gasteiger partial charge in [-0.3, -0.25) is 4.79 Å². The summed E-state index contributed by atoms with van der Waals surface area (Å²) in [4.78, 5) is 13.2. The quantitative estimate of drug-likeness (QED) is 0.554. The Morgan fingerprint density at radius 1 is 1.73 bits per heavy atom. The van der Waals surface area contributed by atoms with Gasteiger partial charge in [0.25, 0.3) is 5.91 Å². The zero-order valence-electron chi connectivity index (χ0n) is 6.64.